The molecule has 0 fully saturated rings. The number of pyridine rings is 1. The van der Waals surface area contributed by atoms with Crippen LogP contribution in [-0.2, 0) is 0 Å². The summed E-state index contributed by atoms with van der Waals surface area (Å²) in [5, 5.41) is 12.6. The Morgan fingerprint density at radius 2 is 2.05 bits per heavy atom. The number of aromatic nitrogens is 1. The van der Waals surface area contributed by atoms with Gasteiger partial charge in [0, 0.05) is 11.9 Å². The quantitative estimate of drug-likeness (QED) is 0.848. The normalized spacial score (nSPS) is 10.3. The van der Waals surface area contributed by atoms with Gasteiger partial charge < -0.3 is 10.1 Å². The molecule has 0 aliphatic heterocycles. The monoisotopic (exact) mass is 301 g/mol. The highest BCUT2D eigenvalue weighted by atomic mass is 35.5. The molecule has 2 aromatic rings. The molecule has 1 aromatic carbocycles. The third-order valence-electron chi connectivity index (χ3n) is 2.86. The van der Waals surface area contributed by atoms with Crippen molar-refractivity contribution in [3.8, 4) is 11.8 Å². The topological polar surface area (TPSA) is 57.9 Å². The van der Waals surface area contributed by atoms with Gasteiger partial charge in [0.1, 0.15) is 22.5 Å². The Kier molecular flexibility index (Phi) is 4.66. The number of nitrogens with one attached hydrogen (secondary N) is 1. The Morgan fingerprint density at radius 1 is 1.29 bits per heavy atom. The number of nitriles is 1. The Labute approximate surface area is 129 Å². The van der Waals surface area contributed by atoms with Gasteiger partial charge in [-0.2, -0.15) is 5.26 Å². The SMILES string of the molecule is Cc1cc(OC(C)C)ccc1Nc1ccnc(Cl)c1C#N. The summed E-state index contributed by atoms with van der Waals surface area (Å²) in [6.07, 6.45) is 1.70. The number of benzene rings is 1. The molecule has 0 bridgehead atoms. The Morgan fingerprint density at radius 3 is 2.67 bits per heavy atom. The molecular formula is C16H16ClN3O. The molecule has 0 spiro atoms. The first kappa shape index (κ1) is 15.1. The fraction of sp³-hybridized carbons (Fsp3) is 0.250. The Hall–Kier alpha value is -2.25. The van der Waals surface area contributed by atoms with Crippen LogP contribution in [0.1, 0.15) is 25.0 Å². The molecular weight excluding hydrogens is 286 g/mol. The molecule has 1 N–H and O–H groups in total. The number of aryl methyl sites for hydroxylation is 1. The lowest BCUT2D eigenvalue weighted by Crippen LogP contribution is -2.06. The predicted octanol–water partition coefficient (Wildman–Crippen LogP) is 4.45. The van der Waals surface area contributed by atoms with Crippen molar-refractivity contribution in [2.24, 2.45) is 0 Å². The third-order valence-corrected chi connectivity index (χ3v) is 3.14. The molecule has 0 saturated heterocycles. The van der Waals surface area contributed by atoms with E-state index in [0.29, 0.717) is 11.3 Å². The average molecular weight is 302 g/mol. The average Bonchev–Trinajstić information content (AvgIpc) is 2.41. The van der Waals surface area contributed by atoms with Crippen LogP contribution in [0.2, 0.25) is 5.15 Å². The van der Waals surface area contributed by atoms with Crippen LogP contribution in [0.15, 0.2) is 30.5 Å². The van der Waals surface area contributed by atoms with Crippen molar-refractivity contribution in [1.29, 1.82) is 5.26 Å². The molecule has 1 aromatic heterocycles. The molecule has 0 unspecified atom stereocenters. The molecule has 0 amide bonds. The number of anilines is 2. The maximum Gasteiger partial charge on any atom is 0.148 e. The zero-order valence-electron chi connectivity index (χ0n) is 12.1. The van der Waals surface area contributed by atoms with Gasteiger partial charge in [-0.05, 0) is 50.6 Å². The first-order valence-corrected chi connectivity index (χ1v) is 6.98. The first-order chi connectivity index (χ1) is 10.0. The van der Waals surface area contributed by atoms with Crippen molar-refractivity contribution >= 4 is 23.0 Å². The highest BCUT2D eigenvalue weighted by molar-refractivity contribution is 6.30. The molecule has 108 valence electrons. The highest BCUT2D eigenvalue weighted by Gasteiger charge is 2.09. The minimum Gasteiger partial charge on any atom is -0.491 e. The van der Waals surface area contributed by atoms with E-state index in [9.17, 15) is 0 Å². The molecule has 1 heterocycles. The summed E-state index contributed by atoms with van der Waals surface area (Å²) in [5.41, 5.74) is 2.88. The number of rotatable bonds is 4. The van der Waals surface area contributed by atoms with E-state index in [-0.39, 0.29) is 11.3 Å². The van der Waals surface area contributed by atoms with E-state index in [1.165, 1.54) is 0 Å². The van der Waals surface area contributed by atoms with Gasteiger partial charge >= 0.3 is 0 Å². The van der Waals surface area contributed by atoms with E-state index in [1.54, 1.807) is 12.3 Å². The fourth-order valence-electron chi connectivity index (χ4n) is 1.91. The second-order valence-electron chi connectivity index (χ2n) is 4.90. The molecule has 21 heavy (non-hydrogen) atoms. The van der Waals surface area contributed by atoms with Crippen LogP contribution in [0.4, 0.5) is 11.4 Å². The lowest BCUT2D eigenvalue weighted by molar-refractivity contribution is 0.242. The van der Waals surface area contributed by atoms with E-state index in [1.807, 2.05) is 39.0 Å². The van der Waals surface area contributed by atoms with Crippen molar-refractivity contribution < 1.29 is 4.74 Å². The molecule has 0 radical (unpaired) electrons. The zero-order chi connectivity index (χ0) is 15.4. The number of halogens is 1. The number of ether oxygens (including phenoxy) is 1. The molecule has 5 heteroatoms. The molecule has 0 aliphatic rings. The van der Waals surface area contributed by atoms with Crippen LogP contribution in [0.25, 0.3) is 0 Å². The van der Waals surface area contributed by atoms with E-state index in [2.05, 4.69) is 16.4 Å². The summed E-state index contributed by atoms with van der Waals surface area (Å²) in [6.45, 7) is 5.95. The molecule has 4 nitrogen and oxygen atoms in total. The standard InChI is InChI=1S/C16H16ClN3O/c1-10(2)21-12-4-5-14(11(3)8-12)20-15-6-7-19-16(17)13(15)9-18/h4-8,10H,1-3H3,(H,19,20). The van der Waals surface area contributed by atoms with Gasteiger partial charge in [-0.15, -0.1) is 0 Å². The van der Waals surface area contributed by atoms with E-state index >= 15 is 0 Å². The largest absolute Gasteiger partial charge is 0.491 e. The van der Waals surface area contributed by atoms with Gasteiger partial charge in [0.15, 0.2) is 0 Å². The van der Waals surface area contributed by atoms with Crippen molar-refractivity contribution in [3.63, 3.8) is 0 Å². The van der Waals surface area contributed by atoms with Gasteiger partial charge in [-0.3, -0.25) is 0 Å². The fourth-order valence-corrected chi connectivity index (χ4v) is 2.11. The number of nitrogens with zero attached hydrogens (tertiary/aromatic N) is 2. The van der Waals surface area contributed by atoms with Crippen molar-refractivity contribution in [2.75, 3.05) is 5.32 Å². The van der Waals surface area contributed by atoms with Crippen LogP contribution in [-0.4, -0.2) is 11.1 Å². The van der Waals surface area contributed by atoms with Crippen LogP contribution < -0.4 is 10.1 Å². The van der Waals surface area contributed by atoms with Crippen molar-refractivity contribution in [3.05, 3.63) is 46.7 Å². The first-order valence-electron chi connectivity index (χ1n) is 6.60. The second kappa shape index (κ2) is 6.47. The van der Waals surface area contributed by atoms with Crippen molar-refractivity contribution in [2.45, 2.75) is 26.9 Å². The van der Waals surface area contributed by atoms with Gasteiger partial charge in [0.05, 0.1) is 11.8 Å². The smallest absolute Gasteiger partial charge is 0.148 e. The van der Waals surface area contributed by atoms with Crippen LogP contribution in [0.3, 0.4) is 0 Å². The van der Waals surface area contributed by atoms with Gasteiger partial charge in [0.2, 0.25) is 0 Å². The molecule has 0 saturated carbocycles. The third kappa shape index (κ3) is 3.65. The van der Waals surface area contributed by atoms with Gasteiger partial charge in [-0.1, -0.05) is 11.6 Å². The summed E-state index contributed by atoms with van der Waals surface area (Å²) in [7, 11) is 0. The molecule has 2 rings (SSSR count). The Bertz CT molecular complexity index is 692. The van der Waals surface area contributed by atoms with Gasteiger partial charge in [0.25, 0.3) is 0 Å². The maximum atomic E-state index is 9.16. The summed E-state index contributed by atoms with van der Waals surface area (Å²) in [6, 6.07) is 9.55. The highest BCUT2D eigenvalue weighted by Crippen LogP contribution is 2.28. The molecule has 0 aliphatic carbocycles. The summed E-state index contributed by atoms with van der Waals surface area (Å²) >= 11 is 5.92. The van der Waals surface area contributed by atoms with E-state index < -0.39 is 0 Å². The van der Waals surface area contributed by atoms with Crippen LogP contribution in [0.5, 0.6) is 5.75 Å². The van der Waals surface area contributed by atoms with Gasteiger partial charge in [-0.25, -0.2) is 4.98 Å². The summed E-state index contributed by atoms with van der Waals surface area (Å²) in [5.74, 6) is 0.821. The minimum absolute atomic E-state index is 0.132. The van der Waals surface area contributed by atoms with Crippen LogP contribution >= 0.6 is 11.6 Å². The minimum atomic E-state index is 0.132. The lowest BCUT2D eigenvalue weighted by atomic mass is 10.1. The predicted molar refractivity (Wildman–Crippen MR) is 84.2 cm³/mol. The lowest BCUT2D eigenvalue weighted by Gasteiger charge is -2.14. The van der Waals surface area contributed by atoms with Crippen molar-refractivity contribution in [1.82, 2.24) is 4.98 Å². The second-order valence-corrected chi connectivity index (χ2v) is 5.26. The van der Waals surface area contributed by atoms with E-state index in [0.717, 1.165) is 17.0 Å². The Balaban J connectivity index is 2.29. The maximum absolute atomic E-state index is 9.16. The summed E-state index contributed by atoms with van der Waals surface area (Å²) < 4.78 is 5.65. The molecule has 0 atom stereocenters. The van der Waals surface area contributed by atoms with Crippen LogP contribution in [0, 0.1) is 18.3 Å². The number of hydrogen-bond donors (Lipinski definition) is 1. The van der Waals surface area contributed by atoms with E-state index in [4.69, 9.17) is 21.6 Å². The summed E-state index contributed by atoms with van der Waals surface area (Å²) in [4.78, 5) is 3.90. The zero-order valence-corrected chi connectivity index (χ0v) is 12.9. The number of hydrogen-bond acceptors (Lipinski definition) is 4.